The van der Waals surface area contributed by atoms with Crippen molar-refractivity contribution in [1.29, 1.82) is 0 Å². The lowest BCUT2D eigenvalue weighted by Gasteiger charge is -2.28. The zero-order valence-corrected chi connectivity index (χ0v) is 23.7. The number of nitrogens with one attached hydrogen (secondary N) is 1. The average Bonchev–Trinajstić information content (AvgIpc) is 3.04. The fourth-order valence-electron chi connectivity index (χ4n) is 3.77. The number of aliphatic hydroxyl groups excluding tert-OH is 1. The molecule has 13 heteroatoms. The Balaban J connectivity index is 1.78. The number of aromatic nitrogens is 2. The van der Waals surface area contributed by atoms with E-state index in [1.807, 2.05) is 20.8 Å². The van der Waals surface area contributed by atoms with E-state index in [-0.39, 0.29) is 28.7 Å². The van der Waals surface area contributed by atoms with Gasteiger partial charge in [-0.2, -0.15) is 0 Å². The quantitative estimate of drug-likeness (QED) is 0.220. The van der Waals surface area contributed by atoms with Crippen molar-refractivity contribution >= 4 is 25.8 Å². The standard InChI is InChI=1S/C25H35N2O9PS/c1-16(21(30)33-15-24(2,3)4)14-37(32,36-17-9-7-6-8-10-17)34-13-18-20(29)25(5,31)22(35-18)27-12-11-19(28)26-23(27)38/h6-12,16,18,20,22,29,31H,13-15H2,1-5H3,(H,26,28,38)/t16-,18-,20+,22-,25?,37-/m1/s1. The van der Waals surface area contributed by atoms with Crippen LogP contribution >= 0.6 is 19.8 Å². The summed E-state index contributed by atoms with van der Waals surface area (Å²) in [5.41, 5.74) is -2.51. The Labute approximate surface area is 226 Å². The Kier molecular flexibility index (Phi) is 9.39. The number of aromatic amines is 1. The van der Waals surface area contributed by atoms with Gasteiger partial charge in [0.2, 0.25) is 0 Å². The van der Waals surface area contributed by atoms with Crippen molar-refractivity contribution in [2.45, 2.75) is 58.7 Å². The summed E-state index contributed by atoms with van der Waals surface area (Å²) in [6, 6.07) is 9.54. The van der Waals surface area contributed by atoms with Crippen LogP contribution in [0.2, 0.25) is 0 Å². The van der Waals surface area contributed by atoms with Crippen LogP contribution in [0.1, 0.15) is 40.8 Å². The van der Waals surface area contributed by atoms with Crippen LogP contribution in [0.3, 0.4) is 0 Å². The van der Waals surface area contributed by atoms with Crippen LogP contribution in [-0.4, -0.2) is 62.9 Å². The zero-order chi connectivity index (χ0) is 28.3. The first kappa shape index (κ1) is 30.2. The van der Waals surface area contributed by atoms with Crippen LogP contribution in [-0.2, 0) is 23.4 Å². The zero-order valence-electron chi connectivity index (χ0n) is 22.0. The predicted octanol–water partition coefficient (Wildman–Crippen LogP) is 3.43. The first-order valence-electron chi connectivity index (χ1n) is 12.1. The van der Waals surface area contributed by atoms with Gasteiger partial charge in [0.05, 0.1) is 25.3 Å². The lowest BCUT2D eigenvalue weighted by Crippen LogP contribution is -2.44. The number of hydrogen-bond acceptors (Lipinski definition) is 10. The Morgan fingerprint density at radius 3 is 2.55 bits per heavy atom. The SMILES string of the molecule is C[C@H](C[P@@](=O)(OC[C@H]1O[C@@H](n2ccc(=O)[nH]c2=S)C(C)(O)[C@H]1O)Oc1ccccc1)C(=O)OCC(C)(C)C. The molecule has 2 heterocycles. The molecule has 1 aromatic heterocycles. The molecule has 3 rings (SSSR count). The molecule has 0 aliphatic carbocycles. The third-order valence-electron chi connectivity index (χ3n) is 5.83. The first-order valence-corrected chi connectivity index (χ1v) is 14.3. The maximum atomic E-state index is 13.9. The van der Waals surface area contributed by atoms with Crippen molar-refractivity contribution in [2.75, 3.05) is 19.4 Å². The number of hydrogen-bond donors (Lipinski definition) is 3. The van der Waals surface area contributed by atoms with E-state index in [1.54, 1.807) is 37.3 Å². The summed E-state index contributed by atoms with van der Waals surface area (Å²) in [5.74, 6) is -1.10. The third-order valence-corrected chi connectivity index (χ3v) is 8.17. The molecule has 1 aliphatic heterocycles. The largest absolute Gasteiger partial charge is 0.465 e. The van der Waals surface area contributed by atoms with E-state index in [4.69, 9.17) is 30.7 Å². The van der Waals surface area contributed by atoms with Gasteiger partial charge in [-0.1, -0.05) is 45.9 Å². The molecule has 0 amide bonds. The minimum absolute atomic E-state index is 0.0165. The fraction of sp³-hybridized carbons (Fsp3) is 0.560. The number of aliphatic hydroxyl groups is 2. The molecule has 0 spiro atoms. The van der Waals surface area contributed by atoms with Crippen LogP contribution < -0.4 is 10.1 Å². The van der Waals surface area contributed by atoms with E-state index >= 15 is 0 Å². The second-order valence-electron chi connectivity index (χ2n) is 10.8. The molecule has 1 saturated heterocycles. The summed E-state index contributed by atoms with van der Waals surface area (Å²) in [5, 5.41) is 21.8. The molecule has 0 radical (unpaired) electrons. The van der Waals surface area contributed by atoms with Crippen molar-refractivity contribution in [1.82, 2.24) is 9.55 Å². The maximum Gasteiger partial charge on any atom is 0.380 e. The summed E-state index contributed by atoms with van der Waals surface area (Å²) in [6.45, 7) is 8.44. The number of nitrogens with zero attached hydrogens (tertiary/aromatic N) is 1. The van der Waals surface area contributed by atoms with E-state index < -0.39 is 55.7 Å². The molecule has 38 heavy (non-hydrogen) atoms. The van der Waals surface area contributed by atoms with Gasteiger partial charge >= 0.3 is 13.6 Å². The van der Waals surface area contributed by atoms with Crippen LogP contribution in [0.5, 0.6) is 5.75 Å². The van der Waals surface area contributed by atoms with Crippen molar-refractivity contribution < 1.29 is 38.1 Å². The highest BCUT2D eigenvalue weighted by Gasteiger charge is 2.53. The first-order chi connectivity index (χ1) is 17.6. The van der Waals surface area contributed by atoms with Gasteiger partial charge in [-0.25, -0.2) is 4.57 Å². The van der Waals surface area contributed by atoms with E-state index in [0.29, 0.717) is 0 Å². The number of benzene rings is 1. The summed E-state index contributed by atoms with van der Waals surface area (Å²) >= 11 is 5.16. The molecule has 1 unspecified atom stereocenters. The minimum atomic E-state index is -3.99. The van der Waals surface area contributed by atoms with Gasteiger partial charge in [-0.15, -0.1) is 0 Å². The number of rotatable bonds is 10. The monoisotopic (exact) mass is 570 g/mol. The number of ether oxygens (including phenoxy) is 2. The highest BCUT2D eigenvalue weighted by molar-refractivity contribution is 7.71. The Morgan fingerprint density at radius 1 is 1.29 bits per heavy atom. The fourth-order valence-corrected chi connectivity index (χ4v) is 5.90. The Bertz CT molecular complexity index is 1270. The van der Waals surface area contributed by atoms with Crippen molar-refractivity contribution in [2.24, 2.45) is 11.3 Å². The van der Waals surface area contributed by atoms with Gasteiger partial charge in [-0.3, -0.25) is 23.7 Å². The molecule has 1 aromatic carbocycles. The number of esters is 1. The van der Waals surface area contributed by atoms with Crippen molar-refractivity contribution in [3.8, 4) is 5.75 Å². The lowest BCUT2D eigenvalue weighted by molar-refractivity contribution is -0.150. The maximum absolute atomic E-state index is 13.9. The van der Waals surface area contributed by atoms with Gasteiger partial charge in [-0.05, 0) is 36.7 Å². The van der Waals surface area contributed by atoms with Crippen molar-refractivity contribution in [3.63, 3.8) is 0 Å². The predicted molar refractivity (Wildman–Crippen MR) is 142 cm³/mol. The van der Waals surface area contributed by atoms with Gasteiger partial charge < -0.3 is 24.2 Å². The summed E-state index contributed by atoms with van der Waals surface area (Å²) in [7, 11) is -3.99. The Hall–Kier alpha value is -2.34. The second-order valence-corrected chi connectivity index (χ2v) is 13.2. The summed E-state index contributed by atoms with van der Waals surface area (Å²) < 4.78 is 37.8. The Morgan fingerprint density at radius 2 is 1.95 bits per heavy atom. The summed E-state index contributed by atoms with van der Waals surface area (Å²) in [6.07, 6.45) is -2.74. The molecule has 6 atom stereocenters. The lowest BCUT2D eigenvalue weighted by atomic mass is 9.96. The van der Waals surface area contributed by atoms with E-state index in [9.17, 15) is 24.4 Å². The third kappa shape index (κ3) is 7.62. The van der Waals surface area contributed by atoms with Gasteiger partial charge in [0, 0.05) is 12.3 Å². The molecular formula is C25H35N2O9PS. The second kappa shape index (κ2) is 11.8. The molecular weight excluding hydrogens is 535 g/mol. The molecule has 1 fully saturated rings. The number of H-pyrrole nitrogens is 1. The number of carbonyl (C=O) groups excluding carboxylic acids is 1. The molecule has 3 N–H and O–H groups in total. The van der Waals surface area contributed by atoms with E-state index in [0.717, 1.165) is 0 Å². The topological polar surface area (TPSA) is 149 Å². The summed E-state index contributed by atoms with van der Waals surface area (Å²) in [4.78, 5) is 26.6. The molecule has 11 nitrogen and oxygen atoms in total. The van der Waals surface area contributed by atoms with E-state index in [1.165, 1.54) is 23.8 Å². The number of carbonyl (C=O) groups is 1. The smallest absolute Gasteiger partial charge is 0.380 e. The molecule has 0 bridgehead atoms. The van der Waals surface area contributed by atoms with Gasteiger partial charge in [0.1, 0.15) is 23.6 Å². The number of para-hydroxylation sites is 1. The van der Waals surface area contributed by atoms with Crippen LogP contribution in [0.15, 0.2) is 47.4 Å². The van der Waals surface area contributed by atoms with Crippen LogP contribution in [0, 0.1) is 16.1 Å². The molecule has 0 saturated carbocycles. The highest BCUT2D eigenvalue weighted by atomic mass is 32.1. The van der Waals surface area contributed by atoms with Crippen LogP contribution in [0.4, 0.5) is 0 Å². The van der Waals surface area contributed by atoms with Crippen LogP contribution in [0.25, 0.3) is 0 Å². The van der Waals surface area contributed by atoms with Gasteiger partial charge in [0.25, 0.3) is 5.56 Å². The molecule has 210 valence electrons. The highest BCUT2D eigenvalue weighted by Crippen LogP contribution is 2.51. The van der Waals surface area contributed by atoms with Crippen molar-refractivity contribution in [3.05, 3.63) is 57.7 Å². The average molecular weight is 571 g/mol. The molecule has 1 aliphatic rings. The molecule has 2 aromatic rings. The normalized spacial score (nSPS) is 25.9. The van der Waals surface area contributed by atoms with E-state index in [2.05, 4.69) is 4.98 Å². The van der Waals surface area contributed by atoms with Gasteiger partial charge in [0.15, 0.2) is 11.0 Å². The minimum Gasteiger partial charge on any atom is -0.465 e.